The summed E-state index contributed by atoms with van der Waals surface area (Å²) in [5.41, 5.74) is 4.19. The average Bonchev–Trinajstić information content (AvgIpc) is 2.47. The van der Waals surface area contributed by atoms with Crippen molar-refractivity contribution in [1.29, 1.82) is 0 Å². The monoisotopic (exact) mass is 301 g/mol. The molecule has 0 radical (unpaired) electrons. The average molecular weight is 301 g/mol. The molecule has 1 aliphatic carbocycles. The van der Waals surface area contributed by atoms with Crippen molar-refractivity contribution in [3.8, 4) is 0 Å². The van der Waals surface area contributed by atoms with E-state index in [1.807, 2.05) is 0 Å². The van der Waals surface area contributed by atoms with Gasteiger partial charge in [0.25, 0.3) is 0 Å². The van der Waals surface area contributed by atoms with Gasteiger partial charge in [0.2, 0.25) is 0 Å². The Balaban J connectivity index is 1.82. The van der Waals surface area contributed by atoms with Crippen molar-refractivity contribution in [2.24, 2.45) is 0 Å². The second kappa shape index (κ2) is 6.02. The fraction of sp³-hybridized carbons (Fsp3) is 0.474. The van der Waals surface area contributed by atoms with Crippen LogP contribution >= 0.6 is 0 Å². The fourth-order valence-corrected chi connectivity index (χ4v) is 6.24. The zero-order valence-corrected chi connectivity index (χ0v) is 13.9. The second-order valence-corrected chi connectivity index (χ2v) is 8.78. The van der Waals surface area contributed by atoms with Crippen LogP contribution in [0.5, 0.6) is 0 Å². The highest BCUT2D eigenvalue weighted by Crippen LogP contribution is 2.41. The van der Waals surface area contributed by atoms with Gasteiger partial charge in [-0.2, -0.15) is 0 Å². The van der Waals surface area contributed by atoms with Crippen LogP contribution in [-0.4, -0.2) is 23.2 Å². The third-order valence-electron chi connectivity index (χ3n) is 4.76. The summed E-state index contributed by atoms with van der Waals surface area (Å²) in [5, 5.41) is 0.642. The molecule has 0 aromatic heterocycles. The van der Waals surface area contributed by atoms with Crippen LogP contribution in [0.2, 0.25) is 0 Å². The lowest BCUT2D eigenvalue weighted by atomic mass is 9.84. The van der Waals surface area contributed by atoms with Gasteiger partial charge in [0.05, 0.1) is 6.61 Å². The summed E-state index contributed by atoms with van der Waals surface area (Å²) in [5.74, 6) is 2.41. The number of benzene rings is 1. The predicted octanol–water partition coefficient (Wildman–Crippen LogP) is 4.26. The normalized spacial score (nSPS) is 32.2. The molecule has 0 amide bonds. The van der Waals surface area contributed by atoms with Crippen molar-refractivity contribution in [2.75, 3.05) is 12.4 Å². The second-order valence-electron chi connectivity index (χ2n) is 6.44. The van der Waals surface area contributed by atoms with E-state index < -0.39 is 0 Å². The van der Waals surface area contributed by atoms with Crippen molar-refractivity contribution < 1.29 is 4.74 Å². The van der Waals surface area contributed by atoms with E-state index >= 15 is 0 Å². The maximum atomic E-state index is 6.20. The zero-order valence-electron chi connectivity index (χ0n) is 13.1. The van der Waals surface area contributed by atoms with Gasteiger partial charge in [0.15, 0.2) is 5.25 Å². The maximum absolute atomic E-state index is 6.20. The first-order valence-electron chi connectivity index (χ1n) is 7.77. The molecule has 1 aromatic rings. The Morgan fingerprint density at radius 3 is 2.86 bits per heavy atom. The largest absolute Gasteiger partial charge is 0.365 e. The number of hydrogen-bond donors (Lipinski definition) is 0. The van der Waals surface area contributed by atoms with Gasteiger partial charge in [-0.15, -0.1) is 0 Å². The summed E-state index contributed by atoms with van der Waals surface area (Å²) < 4.78 is 6.20. The highest BCUT2D eigenvalue weighted by atomic mass is 32.2. The van der Waals surface area contributed by atoms with Crippen LogP contribution in [0.1, 0.15) is 32.3 Å². The third kappa shape index (κ3) is 3.12. The van der Waals surface area contributed by atoms with E-state index in [0.29, 0.717) is 16.1 Å². The number of hydrogen-bond acceptors (Lipinski definition) is 1. The van der Waals surface area contributed by atoms with Crippen LogP contribution in [0.3, 0.4) is 0 Å². The maximum Gasteiger partial charge on any atom is 0.151 e. The molecule has 3 atom stereocenters. The number of allylic oxidation sites excluding steroid dienone is 2. The number of fused-ring (bicyclic) bond motifs is 1. The van der Waals surface area contributed by atoms with Crippen molar-refractivity contribution in [3.63, 3.8) is 0 Å². The quantitative estimate of drug-likeness (QED) is 0.758. The summed E-state index contributed by atoms with van der Waals surface area (Å²) in [4.78, 5) is 0. The van der Waals surface area contributed by atoms with Crippen LogP contribution in [0.15, 0.2) is 54.1 Å². The minimum atomic E-state index is 0.0368. The van der Waals surface area contributed by atoms with Crippen LogP contribution in [0.25, 0.3) is 0 Å². The van der Waals surface area contributed by atoms with E-state index in [2.05, 4.69) is 56.8 Å². The highest BCUT2D eigenvalue weighted by molar-refractivity contribution is 7.96. The molecule has 1 aromatic carbocycles. The molecule has 0 saturated carbocycles. The fourth-order valence-electron chi connectivity index (χ4n) is 3.41. The minimum Gasteiger partial charge on any atom is -0.365 e. The molecule has 112 valence electrons. The minimum absolute atomic E-state index is 0.0368. The molecular formula is C19H25OS+. The Kier molecular flexibility index (Phi) is 4.28. The van der Waals surface area contributed by atoms with Crippen molar-refractivity contribution in [2.45, 2.75) is 43.3 Å². The molecule has 0 bridgehead atoms. The molecule has 2 heteroatoms. The lowest BCUT2D eigenvalue weighted by molar-refractivity contribution is -0.0334. The molecule has 3 rings (SSSR count). The zero-order chi connectivity index (χ0) is 14.9. The Hall–Kier alpha value is -0.990. The van der Waals surface area contributed by atoms with Gasteiger partial charge in [0, 0.05) is 22.9 Å². The molecule has 2 aliphatic rings. The van der Waals surface area contributed by atoms with E-state index in [1.165, 1.54) is 28.2 Å². The van der Waals surface area contributed by atoms with Crippen molar-refractivity contribution >= 4 is 10.9 Å². The third-order valence-corrected chi connectivity index (χ3v) is 7.63. The lowest BCUT2D eigenvalue weighted by Crippen LogP contribution is -2.54. The highest BCUT2D eigenvalue weighted by Gasteiger charge is 2.51. The molecule has 21 heavy (non-hydrogen) atoms. The number of ether oxygens (including phenoxy) is 1. The molecule has 1 saturated heterocycles. The molecule has 1 heterocycles. The first-order chi connectivity index (χ1) is 10.1. The Morgan fingerprint density at radius 1 is 1.38 bits per heavy atom. The van der Waals surface area contributed by atoms with E-state index in [1.54, 1.807) is 0 Å². The van der Waals surface area contributed by atoms with Crippen molar-refractivity contribution in [3.05, 3.63) is 59.7 Å². The van der Waals surface area contributed by atoms with Crippen molar-refractivity contribution in [1.82, 2.24) is 0 Å². The van der Waals surface area contributed by atoms with Crippen LogP contribution in [0, 0.1) is 0 Å². The predicted molar refractivity (Wildman–Crippen MR) is 92.7 cm³/mol. The van der Waals surface area contributed by atoms with E-state index in [-0.39, 0.29) is 5.60 Å². The molecule has 1 fully saturated rings. The van der Waals surface area contributed by atoms with E-state index in [9.17, 15) is 0 Å². The Bertz CT molecular complexity index is 548. The van der Waals surface area contributed by atoms with Gasteiger partial charge in [0.1, 0.15) is 17.1 Å². The van der Waals surface area contributed by atoms with Gasteiger partial charge < -0.3 is 4.74 Å². The molecule has 0 N–H and O–H groups in total. The standard InChI is InChI=1S/C19H25OS/c1-15(2)17-9-10-19(3)18(13-17)21(12-11-20-19)14-16-7-5-4-6-8-16/h4-9,18H,1,10-14H2,2-3H3/q+1/t18-,19-,21?/m1/s1. The molecule has 0 spiro atoms. The van der Waals surface area contributed by atoms with E-state index in [0.717, 1.165) is 19.4 Å². The first-order valence-corrected chi connectivity index (χ1v) is 9.40. The topological polar surface area (TPSA) is 9.23 Å². The Morgan fingerprint density at radius 2 is 2.14 bits per heavy atom. The molecule has 1 nitrogen and oxygen atoms in total. The van der Waals surface area contributed by atoms with Crippen LogP contribution in [-0.2, 0) is 21.4 Å². The van der Waals surface area contributed by atoms with Gasteiger partial charge >= 0.3 is 0 Å². The van der Waals surface area contributed by atoms with Gasteiger partial charge in [-0.25, -0.2) is 0 Å². The molecular weight excluding hydrogens is 276 g/mol. The van der Waals surface area contributed by atoms with Gasteiger partial charge in [-0.1, -0.05) is 48.6 Å². The van der Waals surface area contributed by atoms with Gasteiger partial charge in [-0.05, 0) is 25.8 Å². The Labute approximate surface area is 131 Å². The summed E-state index contributed by atoms with van der Waals surface area (Å²) in [6.07, 6.45) is 4.54. The van der Waals surface area contributed by atoms with Crippen LogP contribution < -0.4 is 0 Å². The summed E-state index contributed by atoms with van der Waals surface area (Å²) in [7, 11) is 0.404. The first kappa shape index (κ1) is 14.9. The lowest BCUT2D eigenvalue weighted by Gasteiger charge is -2.42. The van der Waals surface area contributed by atoms with Gasteiger partial charge in [-0.3, -0.25) is 0 Å². The number of rotatable bonds is 3. The summed E-state index contributed by atoms with van der Waals surface area (Å²) >= 11 is 0. The summed E-state index contributed by atoms with van der Waals surface area (Å²) in [6.45, 7) is 9.50. The summed E-state index contributed by atoms with van der Waals surface area (Å²) in [6, 6.07) is 10.9. The van der Waals surface area contributed by atoms with E-state index in [4.69, 9.17) is 4.74 Å². The SMILES string of the molecule is C=C(C)C1=CC[C@@]2(C)OCC[S+](Cc3ccccc3)[C@@H]2C1. The molecule has 1 unspecified atom stereocenters. The van der Waals surface area contributed by atoms with Crippen LogP contribution in [0.4, 0.5) is 0 Å². The molecule has 1 aliphatic heterocycles. The smallest absolute Gasteiger partial charge is 0.151 e.